The number of amides is 3. The number of carbonyl (C=O) groups is 6. The average molecular weight is 1900 g/mol. The highest BCUT2D eigenvalue weighted by Gasteiger charge is 2.73. The number of carboxylic acids is 3. The number of anilines is 3. The van der Waals surface area contributed by atoms with Crippen molar-refractivity contribution in [1.82, 2.24) is 44.0 Å². The fraction of sp³-hybridized carbons (Fsp3) is 0.303. The van der Waals surface area contributed by atoms with Crippen LogP contribution in [0.5, 0.6) is 17.6 Å². The summed E-state index contributed by atoms with van der Waals surface area (Å²) in [5.41, 5.74) is 4.39. The van der Waals surface area contributed by atoms with E-state index >= 15 is 13.2 Å². The maximum absolute atomic E-state index is 16.4. The molecule has 0 bridgehead atoms. The number of nitrogens with zero attached hydrogens (tertiary/aromatic N) is 9. The van der Waals surface area contributed by atoms with E-state index in [2.05, 4.69) is 63.6 Å². The summed E-state index contributed by atoms with van der Waals surface area (Å²) in [7, 11) is 0. The fourth-order valence-corrected chi connectivity index (χ4v) is 24.4. The summed E-state index contributed by atoms with van der Waals surface area (Å²) in [6.07, 6.45) is 7.44. The van der Waals surface area contributed by atoms with Crippen LogP contribution in [0, 0.1) is 29.3 Å². The SMILES string of the molecule is CC(C)CN1[C@H]2COc3c4ccc(C(=O)O)cc4nn3[C@H]2[C@H](c2cccc(Cl)c2F)[C@]12C(=O)Nc1cc(Cl)ccc12.CCCc1cccc(CN2[C@H]3COc4c5ccc(C(=O)O)cc5nn4[C@H]3[C@H](c3cccc(Cl)c3F)[C@]23C(=O)Nc2cc(Cl)ccc23)c1.O=C(O)c1ccc2c3n(nc2c1)[C@@H]1[C@H](CO3)N(CC2CCCCC2)[C@@]2(C(=O)Nc3cc(Cl)ccc32)[C@H]1c1cccc(Cl)c1F. The molecule has 3 saturated heterocycles. The first-order chi connectivity index (χ1) is 63.6. The van der Waals surface area contributed by atoms with Crippen molar-refractivity contribution >= 4 is 155 Å². The van der Waals surface area contributed by atoms with E-state index in [-0.39, 0.29) is 98.4 Å². The number of hydrogen-bond donors (Lipinski definition) is 6. The molecule has 10 aliphatic rings. The molecule has 0 radical (unpaired) electrons. The largest absolute Gasteiger partial charge is 0.478 e. The van der Waals surface area contributed by atoms with Crippen LogP contribution in [-0.2, 0) is 44.0 Å². The van der Waals surface area contributed by atoms with Crippen molar-refractivity contribution in [3.05, 3.63) is 297 Å². The Hall–Kier alpha value is -11.8. The minimum Gasteiger partial charge on any atom is -0.478 e. The number of nitrogens with one attached hydrogen (secondary N) is 3. The molecule has 12 atom stereocenters. The first kappa shape index (κ1) is 86.9. The molecule has 0 unspecified atom stereocenters. The van der Waals surface area contributed by atoms with Crippen molar-refractivity contribution in [3.63, 3.8) is 0 Å². The first-order valence-corrected chi connectivity index (χ1v) is 46.1. The quantitative estimate of drug-likeness (QED) is 0.0590. The van der Waals surface area contributed by atoms with E-state index in [0.717, 1.165) is 49.7 Å². The summed E-state index contributed by atoms with van der Waals surface area (Å²) >= 11 is 38.4. The number of carbonyl (C=O) groups excluding carboxylic acids is 3. The Morgan fingerprint density at radius 2 is 0.803 bits per heavy atom. The molecule has 3 amide bonds. The maximum Gasteiger partial charge on any atom is 0.335 e. The van der Waals surface area contributed by atoms with Crippen molar-refractivity contribution in [3.8, 4) is 17.6 Å². The minimum absolute atomic E-state index is 0.0290. The van der Waals surface area contributed by atoms with Crippen LogP contribution in [0.15, 0.2) is 188 Å². The Balaban J connectivity index is 0.000000120. The summed E-state index contributed by atoms with van der Waals surface area (Å²) in [5, 5.41) is 55.9. The van der Waals surface area contributed by atoms with E-state index in [9.17, 15) is 44.1 Å². The molecule has 1 saturated carbocycles. The number of hydrogen-bond acceptors (Lipinski definition) is 15. The molecular weight excluding hydrogens is 1820 g/mol. The minimum atomic E-state index is -1.42. The van der Waals surface area contributed by atoms with Gasteiger partial charge in [0.1, 0.15) is 53.9 Å². The van der Waals surface area contributed by atoms with Gasteiger partial charge in [-0.3, -0.25) is 29.1 Å². The molecule has 674 valence electrons. The predicted octanol–water partition coefficient (Wildman–Crippen LogP) is 20.7. The van der Waals surface area contributed by atoms with Crippen LogP contribution in [0.3, 0.4) is 0 Å². The molecule has 9 aliphatic heterocycles. The Bertz CT molecular complexity index is 7050. The molecule has 132 heavy (non-hydrogen) atoms. The zero-order valence-corrected chi connectivity index (χ0v) is 75.4. The molecule has 24 nitrogen and oxygen atoms in total. The van der Waals surface area contributed by atoms with Gasteiger partial charge in [-0.1, -0.05) is 195 Å². The number of aromatic carboxylic acids is 3. The molecule has 13 aromatic rings. The highest BCUT2D eigenvalue weighted by atomic mass is 35.5. The van der Waals surface area contributed by atoms with Crippen molar-refractivity contribution < 1.29 is 71.5 Å². The Labute approximate surface area is 783 Å². The lowest BCUT2D eigenvalue weighted by Crippen LogP contribution is -2.54. The van der Waals surface area contributed by atoms with E-state index in [4.69, 9.17) is 99.1 Å². The molecule has 3 aromatic heterocycles. The standard InChI is InChI=1S/C36H29Cl2FN4O4.C33H29Cl2FN4O4.C30H25Cl2FN4O4/c1-2-5-19-6-3-7-20(14-19)17-42-29-18-47-33-23-12-10-21(34(44)45)15-27(23)41-43(33)32(29)30(24-8-4-9-26(38)31(24)39)36(42)25-13-11-22(37)16-28(25)40-35(36)46;34-19-10-12-22-25(14-19)37-32(43)33(22)27(21-7-4-8-23(35)28(21)36)29-26(39(33)15-17-5-2-1-3-6-17)16-44-30-20-11-9-18(31(41)42)13-24(20)38-40(29)30;1-14(2)12-36-23-13-41-27-17-8-6-15(28(38)39)10-21(17)35-37(27)26(23)24(18-4-3-5-20(32)25(18)33)30(36)19-9-7-16(31)11-22(19)34-29(30)40/h3-4,6-16,29-30,32H,2,5,17-18H2,1H3,(H,40,46)(H,44,45);4,7-14,17,26-27,29H,1-3,5-6,15-16H2,(H,37,43)(H,41,42);3-11,14,23-24,26H,12-13H2,1-2H3,(H,34,40)(H,38,39)/t29-,30-,32+,36+;26-,27-,29+,33+;23-,24-,26+,30+/m000/s1. The van der Waals surface area contributed by atoms with Gasteiger partial charge in [0, 0.05) is 86.2 Å². The summed E-state index contributed by atoms with van der Waals surface area (Å²) in [4.78, 5) is 85.6. The number of carboxylic acid groups (broad SMARTS) is 3. The molecule has 23 rings (SSSR count). The van der Waals surface area contributed by atoms with Crippen LogP contribution in [0.4, 0.5) is 30.2 Å². The fourth-order valence-electron chi connectivity index (χ4n) is 23.3. The molecule has 12 heterocycles. The van der Waals surface area contributed by atoms with Crippen LogP contribution in [0.1, 0.15) is 171 Å². The number of aromatic nitrogens is 6. The third-order valence-corrected chi connectivity index (χ3v) is 29.9. The van der Waals surface area contributed by atoms with E-state index in [1.165, 1.54) is 66.6 Å². The monoisotopic (exact) mass is 1900 g/mol. The van der Waals surface area contributed by atoms with Crippen molar-refractivity contribution in [2.24, 2.45) is 11.8 Å². The van der Waals surface area contributed by atoms with Gasteiger partial charge in [-0.25, -0.2) is 41.6 Å². The van der Waals surface area contributed by atoms with Gasteiger partial charge in [-0.15, -0.1) is 0 Å². The van der Waals surface area contributed by atoms with Crippen molar-refractivity contribution in [1.29, 1.82) is 0 Å². The van der Waals surface area contributed by atoms with Gasteiger partial charge in [0.2, 0.25) is 35.4 Å². The summed E-state index contributed by atoms with van der Waals surface area (Å²) in [5.74, 6) is -6.38. The number of aryl methyl sites for hydroxylation is 1. The van der Waals surface area contributed by atoms with Crippen LogP contribution < -0.4 is 30.2 Å². The van der Waals surface area contributed by atoms with Gasteiger partial charge in [-0.05, 0) is 168 Å². The van der Waals surface area contributed by atoms with Gasteiger partial charge in [-0.2, -0.15) is 15.3 Å². The lowest BCUT2D eigenvalue weighted by Gasteiger charge is -2.41. The molecule has 6 N–H and O–H groups in total. The Morgan fingerprint density at radius 1 is 0.447 bits per heavy atom. The number of likely N-dealkylation sites (tertiary alicyclic amines) is 3. The smallest absolute Gasteiger partial charge is 0.335 e. The summed E-state index contributed by atoms with van der Waals surface area (Å²) in [6.45, 7) is 8.40. The molecular formula is C99H83Cl6F3N12O12. The highest BCUT2D eigenvalue weighted by molar-refractivity contribution is 6.33. The molecule has 3 spiro atoms. The van der Waals surface area contributed by atoms with E-state index in [1.54, 1.807) is 105 Å². The van der Waals surface area contributed by atoms with Gasteiger partial charge in [0.05, 0.1) is 101 Å². The summed E-state index contributed by atoms with van der Waals surface area (Å²) < 4.78 is 73.2. The maximum atomic E-state index is 16.4. The Morgan fingerprint density at radius 3 is 1.18 bits per heavy atom. The lowest BCUT2D eigenvalue weighted by molar-refractivity contribution is -0.129. The van der Waals surface area contributed by atoms with Crippen LogP contribution in [0.2, 0.25) is 30.1 Å². The molecule has 10 aromatic carbocycles. The van der Waals surface area contributed by atoms with Crippen LogP contribution in [0.25, 0.3) is 32.7 Å². The third-order valence-electron chi connectivity index (χ3n) is 28.4. The van der Waals surface area contributed by atoms with Gasteiger partial charge in [0.25, 0.3) is 0 Å². The molecule has 33 heteroatoms. The number of ether oxygens (including phenoxy) is 3. The zero-order valence-electron chi connectivity index (χ0n) is 70.9. The van der Waals surface area contributed by atoms with Crippen molar-refractivity contribution in [2.45, 2.75) is 143 Å². The zero-order chi connectivity index (χ0) is 91.7. The van der Waals surface area contributed by atoms with Crippen LogP contribution in [-0.4, -0.2) is 146 Å². The molecule has 4 fully saturated rings. The lowest BCUT2D eigenvalue weighted by atomic mass is 9.73. The topological polar surface area (TPSA) is 290 Å². The number of fused-ring (bicyclic) bond motifs is 21. The number of halogens is 9. The second-order valence-electron chi connectivity index (χ2n) is 36.0. The number of rotatable bonds is 14. The van der Waals surface area contributed by atoms with Gasteiger partial charge in [0.15, 0.2) is 0 Å². The first-order valence-electron chi connectivity index (χ1n) is 43.8. The predicted molar refractivity (Wildman–Crippen MR) is 494 cm³/mol. The van der Waals surface area contributed by atoms with E-state index in [0.29, 0.717) is 125 Å². The summed E-state index contributed by atoms with van der Waals surface area (Å²) in [6, 6.07) is 50.1. The second kappa shape index (κ2) is 33.2. The average Bonchev–Trinajstić information content (AvgIpc) is 1.52. The van der Waals surface area contributed by atoms with Crippen molar-refractivity contribution in [2.75, 3.05) is 48.9 Å². The molecule has 1 aliphatic carbocycles. The highest BCUT2D eigenvalue weighted by Crippen LogP contribution is 2.68. The van der Waals surface area contributed by atoms with E-state index in [1.807, 2.05) is 30.3 Å². The van der Waals surface area contributed by atoms with E-state index < -0.39 is 93.9 Å². The van der Waals surface area contributed by atoms with Crippen LogP contribution >= 0.6 is 69.6 Å². The third kappa shape index (κ3) is 13.4. The normalized spacial score (nSPS) is 24.7. The number of benzene rings is 10. The Kier molecular flexibility index (Phi) is 21.8. The van der Waals surface area contributed by atoms with Gasteiger partial charge >= 0.3 is 17.9 Å². The second-order valence-corrected chi connectivity index (χ2v) is 38.5. The van der Waals surface area contributed by atoms with Gasteiger partial charge < -0.3 is 45.5 Å².